The summed E-state index contributed by atoms with van der Waals surface area (Å²) in [4.78, 5) is 21.3. The minimum atomic E-state index is -3.26. The molecule has 2 aromatic heterocycles. The van der Waals surface area contributed by atoms with Crippen LogP contribution >= 0.6 is 0 Å². The van der Waals surface area contributed by atoms with Crippen LogP contribution in [0.15, 0.2) is 71.9 Å². The van der Waals surface area contributed by atoms with Crippen LogP contribution in [0.1, 0.15) is 10.4 Å². The number of nitrogens with one attached hydrogen (secondary N) is 2. The normalized spacial score (nSPS) is 11.4. The molecule has 2 aromatic carbocycles. The van der Waals surface area contributed by atoms with Crippen molar-refractivity contribution in [3.8, 4) is 5.82 Å². The summed E-state index contributed by atoms with van der Waals surface area (Å²) in [6, 6.07) is 15.7. The minimum absolute atomic E-state index is 0.177. The number of hydrogen-bond acceptors (Lipinski definition) is 6. The van der Waals surface area contributed by atoms with E-state index in [1.54, 1.807) is 37.6 Å². The standard InChI is InChI=1S/C21H19N5O3S/c1-22-20(27)17-13-26(18-6-4-3-5-16(17)18)19-11-12-23-21(25-19)24-14-7-9-15(10-8-14)30(2,28)29/h3-13H,1-2H3,(H,22,27)(H,23,24,25). The zero-order valence-electron chi connectivity index (χ0n) is 16.3. The van der Waals surface area contributed by atoms with Gasteiger partial charge in [-0.3, -0.25) is 4.79 Å². The smallest absolute Gasteiger partial charge is 0.253 e. The fraction of sp³-hybridized carbons (Fsp3) is 0.0952. The maximum absolute atomic E-state index is 12.3. The summed E-state index contributed by atoms with van der Waals surface area (Å²) in [6.45, 7) is 0. The van der Waals surface area contributed by atoms with Gasteiger partial charge in [-0.25, -0.2) is 13.4 Å². The molecule has 0 spiro atoms. The SMILES string of the molecule is CNC(=O)c1cn(-c2ccnc(Nc3ccc(S(C)(=O)=O)cc3)n2)c2ccccc12. The third kappa shape index (κ3) is 3.74. The number of anilines is 2. The third-order valence-corrected chi connectivity index (χ3v) is 5.74. The molecule has 0 saturated carbocycles. The molecule has 0 aliphatic carbocycles. The van der Waals surface area contributed by atoms with E-state index >= 15 is 0 Å². The lowest BCUT2D eigenvalue weighted by molar-refractivity contribution is 0.0964. The number of sulfone groups is 1. The summed E-state index contributed by atoms with van der Waals surface area (Å²) < 4.78 is 25.0. The van der Waals surface area contributed by atoms with Crippen LogP contribution in [0, 0.1) is 0 Å². The van der Waals surface area contributed by atoms with Crippen molar-refractivity contribution in [1.82, 2.24) is 19.9 Å². The summed E-state index contributed by atoms with van der Waals surface area (Å²) in [6.07, 6.45) is 4.52. The fourth-order valence-corrected chi connectivity index (χ4v) is 3.77. The highest BCUT2D eigenvalue weighted by Gasteiger charge is 2.15. The van der Waals surface area contributed by atoms with E-state index in [2.05, 4.69) is 20.6 Å². The van der Waals surface area contributed by atoms with Crippen molar-refractivity contribution in [1.29, 1.82) is 0 Å². The predicted octanol–water partition coefficient (Wildman–Crippen LogP) is 2.93. The molecule has 9 heteroatoms. The second-order valence-corrected chi connectivity index (χ2v) is 8.68. The van der Waals surface area contributed by atoms with E-state index in [1.807, 2.05) is 28.8 Å². The summed E-state index contributed by atoms with van der Waals surface area (Å²) >= 11 is 0. The third-order valence-electron chi connectivity index (χ3n) is 4.61. The van der Waals surface area contributed by atoms with Gasteiger partial charge in [0, 0.05) is 36.8 Å². The Balaban J connectivity index is 1.70. The number of benzene rings is 2. The summed E-state index contributed by atoms with van der Waals surface area (Å²) in [5.41, 5.74) is 2.05. The average Bonchev–Trinajstić information content (AvgIpc) is 3.13. The van der Waals surface area contributed by atoms with Crippen LogP contribution < -0.4 is 10.6 Å². The molecule has 0 bridgehead atoms. The first-order valence-electron chi connectivity index (χ1n) is 9.09. The van der Waals surface area contributed by atoms with Gasteiger partial charge in [-0.15, -0.1) is 0 Å². The molecule has 0 unspecified atom stereocenters. The summed E-state index contributed by atoms with van der Waals surface area (Å²) in [5, 5.41) is 6.55. The van der Waals surface area contributed by atoms with Crippen molar-refractivity contribution >= 4 is 38.3 Å². The largest absolute Gasteiger partial charge is 0.355 e. The van der Waals surface area contributed by atoms with Gasteiger partial charge in [-0.1, -0.05) is 18.2 Å². The van der Waals surface area contributed by atoms with Gasteiger partial charge in [0.05, 0.1) is 16.0 Å². The Labute approximate surface area is 173 Å². The van der Waals surface area contributed by atoms with Gasteiger partial charge in [-0.05, 0) is 36.4 Å². The lowest BCUT2D eigenvalue weighted by atomic mass is 10.2. The number of amides is 1. The Kier molecular flexibility index (Phi) is 4.96. The number of nitrogens with zero attached hydrogens (tertiary/aromatic N) is 3. The van der Waals surface area contributed by atoms with Crippen LogP contribution in [-0.2, 0) is 9.84 Å². The second kappa shape index (κ2) is 7.60. The molecule has 0 atom stereocenters. The van der Waals surface area contributed by atoms with Crippen molar-refractivity contribution in [2.24, 2.45) is 0 Å². The van der Waals surface area contributed by atoms with Gasteiger partial charge in [0.25, 0.3) is 5.91 Å². The molecular weight excluding hydrogens is 402 g/mol. The number of rotatable bonds is 5. The molecule has 0 aliphatic heterocycles. The summed E-state index contributed by atoms with van der Waals surface area (Å²) in [5.74, 6) is 0.758. The average molecular weight is 421 g/mol. The van der Waals surface area contributed by atoms with E-state index in [0.717, 1.165) is 17.2 Å². The molecule has 8 nitrogen and oxygen atoms in total. The number of carbonyl (C=O) groups is 1. The first-order chi connectivity index (χ1) is 14.4. The second-order valence-electron chi connectivity index (χ2n) is 6.67. The highest BCUT2D eigenvalue weighted by molar-refractivity contribution is 7.90. The van der Waals surface area contributed by atoms with Crippen molar-refractivity contribution < 1.29 is 13.2 Å². The Morgan fingerprint density at radius 1 is 1.03 bits per heavy atom. The lowest BCUT2D eigenvalue weighted by Gasteiger charge is -2.08. The number of hydrogen-bond donors (Lipinski definition) is 2. The molecule has 4 aromatic rings. The molecular formula is C21H19N5O3S. The number of fused-ring (bicyclic) bond motifs is 1. The topological polar surface area (TPSA) is 106 Å². The van der Waals surface area contributed by atoms with E-state index in [-0.39, 0.29) is 10.8 Å². The van der Waals surface area contributed by atoms with Gasteiger partial charge in [-0.2, -0.15) is 4.98 Å². The molecule has 0 fully saturated rings. The predicted molar refractivity (Wildman–Crippen MR) is 115 cm³/mol. The van der Waals surface area contributed by atoms with Gasteiger partial charge < -0.3 is 15.2 Å². The zero-order valence-corrected chi connectivity index (χ0v) is 17.1. The Bertz CT molecular complexity index is 1340. The lowest BCUT2D eigenvalue weighted by Crippen LogP contribution is -2.17. The first kappa shape index (κ1) is 19.6. The number of para-hydroxylation sites is 1. The molecule has 0 aliphatic rings. The van der Waals surface area contributed by atoms with Crippen LogP contribution in [0.25, 0.3) is 16.7 Å². The molecule has 0 radical (unpaired) electrons. The molecule has 1 amide bonds. The molecule has 4 rings (SSSR count). The first-order valence-corrected chi connectivity index (χ1v) is 11.0. The molecule has 152 valence electrons. The van der Waals surface area contributed by atoms with E-state index in [9.17, 15) is 13.2 Å². The minimum Gasteiger partial charge on any atom is -0.355 e. The molecule has 2 heterocycles. The summed E-state index contributed by atoms with van der Waals surface area (Å²) in [7, 11) is -1.66. The maximum Gasteiger partial charge on any atom is 0.253 e. The van der Waals surface area contributed by atoms with Gasteiger partial charge in [0.2, 0.25) is 5.95 Å². The van der Waals surface area contributed by atoms with E-state index in [4.69, 9.17) is 0 Å². The molecule has 2 N–H and O–H groups in total. The number of aromatic nitrogens is 3. The monoisotopic (exact) mass is 421 g/mol. The van der Waals surface area contributed by atoms with Crippen molar-refractivity contribution in [2.45, 2.75) is 4.90 Å². The van der Waals surface area contributed by atoms with Crippen LogP contribution in [0.4, 0.5) is 11.6 Å². The van der Waals surface area contributed by atoms with E-state index in [1.165, 1.54) is 12.1 Å². The fourth-order valence-electron chi connectivity index (χ4n) is 3.14. The molecule has 30 heavy (non-hydrogen) atoms. The van der Waals surface area contributed by atoms with Crippen molar-refractivity contribution in [3.63, 3.8) is 0 Å². The van der Waals surface area contributed by atoms with Crippen LogP contribution in [0.5, 0.6) is 0 Å². The van der Waals surface area contributed by atoms with Gasteiger partial charge >= 0.3 is 0 Å². The Morgan fingerprint density at radius 3 is 2.47 bits per heavy atom. The van der Waals surface area contributed by atoms with Gasteiger partial charge in [0.1, 0.15) is 5.82 Å². The van der Waals surface area contributed by atoms with Crippen LogP contribution in [0.2, 0.25) is 0 Å². The highest BCUT2D eigenvalue weighted by Crippen LogP contribution is 2.25. The van der Waals surface area contributed by atoms with Crippen molar-refractivity contribution in [3.05, 3.63) is 72.6 Å². The maximum atomic E-state index is 12.3. The van der Waals surface area contributed by atoms with Gasteiger partial charge in [0.15, 0.2) is 9.84 Å². The van der Waals surface area contributed by atoms with Crippen LogP contribution in [-0.4, -0.2) is 42.2 Å². The van der Waals surface area contributed by atoms with Crippen molar-refractivity contribution in [2.75, 3.05) is 18.6 Å². The van der Waals surface area contributed by atoms with E-state index in [0.29, 0.717) is 23.0 Å². The van der Waals surface area contributed by atoms with Crippen LogP contribution in [0.3, 0.4) is 0 Å². The molecule has 0 saturated heterocycles. The number of carbonyl (C=O) groups excluding carboxylic acids is 1. The Hall–Kier alpha value is -3.72. The zero-order chi connectivity index (χ0) is 21.3. The highest BCUT2D eigenvalue weighted by atomic mass is 32.2. The quantitative estimate of drug-likeness (QED) is 0.513. The van der Waals surface area contributed by atoms with E-state index < -0.39 is 9.84 Å². The Morgan fingerprint density at radius 2 is 1.77 bits per heavy atom.